The Morgan fingerprint density at radius 2 is 1.58 bits per heavy atom. The molecule has 0 N–H and O–H groups in total. The van der Waals surface area contributed by atoms with Gasteiger partial charge in [0.1, 0.15) is 0 Å². The molecule has 0 saturated heterocycles. The molecule has 4 rings (SSSR count). The largest absolute Gasteiger partial charge is 0.516 e. The highest BCUT2D eigenvalue weighted by Crippen LogP contribution is 2.53. The Morgan fingerprint density at radius 3 is 2.27 bits per heavy atom. The maximum absolute atomic E-state index is 13.3. The van der Waals surface area contributed by atoms with Crippen molar-refractivity contribution in [2.24, 2.45) is 0 Å². The molecule has 26 heavy (non-hydrogen) atoms. The number of alkyl halides is 3. The number of sulfonamides is 1. The first kappa shape index (κ1) is 17.4. The van der Waals surface area contributed by atoms with Crippen LogP contribution in [0.5, 0.6) is 0 Å². The summed E-state index contributed by atoms with van der Waals surface area (Å²) >= 11 is 0. The third-order valence-corrected chi connectivity index (χ3v) is 7.08. The van der Waals surface area contributed by atoms with Crippen LogP contribution in [0.15, 0.2) is 54.6 Å². The van der Waals surface area contributed by atoms with Crippen molar-refractivity contribution in [2.45, 2.75) is 42.6 Å². The molecule has 0 bridgehead atoms. The van der Waals surface area contributed by atoms with Gasteiger partial charge in [-0.1, -0.05) is 48.5 Å². The first-order valence-electron chi connectivity index (χ1n) is 8.55. The van der Waals surface area contributed by atoms with Gasteiger partial charge in [0.2, 0.25) is 0 Å². The molecule has 0 spiro atoms. The fourth-order valence-corrected chi connectivity index (χ4v) is 5.65. The van der Waals surface area contributed by atoms with Gasteiger partial charge in [0.25, 0.3) is 0 Å². The lowest BCUT2D eigenvalue weighted by Crippen LogP contribution is -2.47. The van der Waals surface area contributed by atoms with Crippen molar-refractivity contribution in [3.05, 3.63) is 65.7 Å². The summed E-state index contributed by atoms with van der Waals surface area (Å²) in [6.07, 6.45) is 1.73. The number of anilines is 1. The van der Waals surface area contributed by atoms with Crippen LogP contribution in [-0.2, 0) is 10.0 Å². The Hall–Kier alpha value is -2.02. The molecule has 1 aliphatic heterocycles. The van der Waals surface area contributed by atoms with Crippen LogP contribution < -0.4 is 4.31 Å². The van der Waals surface area contributed by atoms with E-state index in [1.807, 2.05) is 30.3 Å². The molecule has 1 aliphatic carbocycles. The van der Waals surface area contributed by atoms with E-state index in [9.17, 15) is 21.6 Å². The summed E-state index contributed by atoms with van der Waals surface area (Å²) in [5.41, 5.74) is -3.27. The highest BCUT2D eigenvalue weighted by atomic mass is 32.2. The number of halogens is 3. The third kappa shape index (κ3) is 2.60. The second-order valence-electron chi connectivity index (χ2n) is 6.90. The van der Waals surface area contributed by atoms with Gasteiger partial charge in [0.15, 0.2) is 0 Å². The number of para-hydroxylation sites is 1. The van der Waals surface area contributed by atoms with E-state index in [0.29, 0.717) is 29.1 Å². The smallest absolute Gasteiger partial charge is 0.259 e. The van der Waals surface area contributed by atoms with Gasteiger partial charge in [0.05, 0.1) is 11.7 Å². The summed E-state index contributed by atoms with van der Waals surface area (Å²) < 4.78 is 64.8. The van der Waals surface area contributed by atoms with Crippen LogP contribution in [0, 0.1) is 0 Å². The lowest BCUT2D eigenvalue weighted by atomic mass is 9.74. The molecule has 2 aliphatic rings. The molecule has 2 aromatic rings. The highest BCUT2D eigenvalue weighted by Gasteiger charge is 2.57. The SMILES string of the molecule is O=S(=O)(N1c2ccccc2[C@@H]2C[C@@H](c3ccccc3)CC[C@H]21)C(F)(F)F. The van der Waals surface area contributed by atoms with Gasteiger partial charge >= 0.3 is 15.5 Å². The lowest BCUT2D eigenvalue weighted by Gasteiger charge is -2.36. The first-order chi connectivity index (χ1) is 12.3. The van der Waals surface area contributed by atoms with Gasteiger partial charge in [0, 0.05) is 5.92 Å². The molecule has 3 atom stereocenters. The fourth-order valence-electron chi connectivity index (χ4n) is 4.40. The minimum Gasteiger partial charge on any atom is -0.259 e. The topological polar surface area (TPSA) is 37.4 Å². The normalized spacial score (nSPS) is 25.7. The van der Waals surface area contributed by atoms with Crippen LogP contribution in [0.3, 0.4) is 0 Å². The predicted molar refractivity (Wildman–Crippen MR) is 93.5 cm³/mol. The molecule has 1 fully saturated rings. The Labute approximate surface area is 150 Å². The van der Waals surface area contributed by atoms with Gasteiger partial charge in [-0.25, -0.2) is 0 Å². The van der Waals surface area contributed by atoms with E-state index in [1.165, 1.54) is 6.07 Å². The highest BCUT2D eigenvalue weighted by molar-refractivity contribution is 7.93. The zero-order valence-corrected chi connectivity index (χ0v) is 14.7. The number of hydrogen-bond acceptors (Lipinski definition) is 2. The van der Waals surface area contributed by atoms with E-state index >= 15 is 0 Å². The van der Waals surface area contributed by atoms with E-state index in [4.69, 9.17) is 0 Å². The second kappa shape index (κ2) is 6.01. The van der Waals surface area contributed by atoms with Crippen LogP contribution in [-0.4, -0.2) is 20.0 Å². The molecule has 1 heterocycles. The number of fused-ring (bicyclic) bond motifs is 3. The summed E-state index contributed by atoms with van der Waals surface area (Å²) in [4.78, 5) is 0. The molecule has 0 aromatic heterocycles. The number of hydrogen-bond donors (Lipinski definition) is 0. The zero-order valence-electron chi connectivity index (χ0n) is 13.9. The van der Waals surface area contributed by atoms with E-state index in [0.717, 1.165) is 5.56 Å². The predicted octanol–water partition coefficient (Wildman–Crippen LogP) is 4.78. The van der Waals surface area contributed by atoms with E-state index in [1.54, 1.807) is 18.2 Å². The average molecular weight is 381 g/mol. The Bertz CT molecular complexity index is 912. The molecule has 1 saturated carbocycles. The van der Waals surface area contributed by atoms with Gasteiger partial charge in [-0.3, -0.25) is 4.31 Å². The van der Waals surface area contributed by atoms with Crippen LogP contribution in [0.4, 0.5) is 18.9 Å². The van der Waals surface area contributed by atoms with Gasteiger partial charge < -0.3 is 0 Å². The Morgan fingerprint density at radius 1 is 0.923 bits per heavy atom. The third-order valence-electron chi connectivity index (χ3n) is 5.51. The summed E-state index contributed by atoms with van der Waals surface area (Å²) in [6, 6.07) is 15.8. The molecule has 2 aromatic carbocycles. The molecule has 7 heteroatoms. The number of rotatable bonds is 2. The van der Waals surface area contributed by atoms with Gasteiger partial charge in [-0.2, -0.15) is 21.6 Å². The van der Waals surface area contributed by atoms with Crippen molar-refractivity contribution >= 4 is 15.7 Å². The Kier molecular flexibility index (Phi) is 4.02. The average Bonchev–Trinajstić information content (AvgIpc) is 2.96. The van der Waals surface area contributed by atoms with Crippen LogP contribution in [0.1, 0.15) is 42.2 Å². The van der Waals surface area contributed by atoms with Crippen LogP contribution in [0.25, 0.3) is 0 Å². The van der Waals surface area contributed by atoms with Crippen molar-refractivity contribution in [1.29, 1.82) is 0 Å². The van der Waals surface area contributed by atoms with Crippen molar-refractivity contribution < 1.29 is 21.6 Å². The quantitative estimate of drug-likeness (QED) is 0.751. The zero-order chi connectivity index (χ0) is 18.5. The molecule has 0 unspecified atom stereocenters. The molecule has 3 nitrogen and oxygen atoms in total. The number of nitrogens with zero attached hydrogens (tertiary/aromatic N) is 1. The summed E-state index contributed by atoms with van der Waals surface area (Å²) in [5, 5.41) is 0. The minimum absolute atomic E-state index is 0.175. The molecular weight excluding hydrogens is 363 g/mol. The lowest BCUT2D eigenvalue weighted by molar-refractivity contribution is -0.0441. The minimum atomic E-state index is -5.41. The molecule has 0 radical (unpaired) electrons. The summed E-state index contributed by atoms with van der Waals surface area (Å²) in [7, 11) is -5.41. The van der Waals surface area contributed by atoms with E-state index < -0.39 is 21.6 Å². The maximum atomic E-state index is 13.3. The van der Waals surface area contributed by atoms with E-state index in [2.05, 4.69) is 0 Å². The Balaban J connectivity index is 1.75. The standard InChI is InChI=1S/C19H18F3NO2S/c20-19(21,22)26(24,25)23-17-9-5-4-8-15(17)16-12-14(10-11-18(16)23)13-6-2-1-3-7-13/h1-9,14,16,18H,10-12H2/t14-,16-,18+/m0/s1. The second-order valence-corrected chi connectivity index (χ2v) is 8.71. The van der Waals surface area contributed by atoms with Gasteiger partial charge in [-0.15, -0.1) is 0 Å². The number of benzene rings is 2. The summed E-state index contributed by atoms with van der Waals surface area (Å²) in [5.74, 6) is 0.00123. The van der Waals surface area contributed by atoms with Crippen LogP contribution in [0.2, 0.25) is 0 Å². The molecular formula is C19H18F3NO2S. The first-order valence-corrected chi connectivity index (χ1v) is 9.99. The van der Waals surface area contributed by atoms with Crippen molar-refractivity contribution in [3.63, 3.8) is 0 Å². The van der Waals surface area contributed by atoms with Crippen molar-refractivity contribution in [2.75, 3.05) is 4.31 Å². The van der Waals surface area contributed by atoms with Crippen LogP contribution >= 0.6 is 0 Å². The molecule has 0 amide bonds. The summed E-state index contributed by atoms with van der Waals surface area (Å²) in [6.45, 7) is 0. The monoisotopic (exact) mass is 381 g/mol. The van der Waals surface area contributed by atoms with E-state index in [-0.39, 0.29) is 17.5 Å². The van der Waals surface area contributed by atoms with Crippen molar-refractivity contribution in [1.82, 2.24) is 0 Å². The maximum Gasteiger partial charge on any atom is 0.516 e. The van der Waals surface area contributed by atoms with Gasteiger partial charge in [-0.05, 0) is 42.4 Å². The fraction of sp³-hybridized carbons (Fsp3) is 0.368. The van der Waals surface area contributed by atoms with Crippen molar-refractivity contribution in [3.8, 4) is 0 Å². The molecule has 138 valence electrons.